The second kappa shape index (κ2) is 7.15. The molecule has 1 rings (SSSR count). The van der Waals surface area contributed by atoms with Crippen LogP contribution in [-0.4, -0.2) is 25.2 Å². The Labute approximate surface area is 106 Å². The molecule has 18 heavy (non-hydrogen) atoms. The van der Waals surface area contributed by atoms with Crippen molar-refractivity contribution in [2.45, 2.75) is 33.5 Å². The van der Waals surface area contributed by atoms with Gasteiger partial charge in [-0.25, -0.2) is 5.84 Å². The first kappa shape index (κ1) is 14.7. The van der Waals surface area contributed by atoms with Crippen molar-refractivity contribution in [2.75, 3.05) is 13.2 Å². The summed E-state index contributed by atoms with van der Waals surface area (Å²) in [7, 11) is 0. The highest BCUT2D eigenvalue weighted by Gasteiger charge is 2.15. The van der Waals surface area contributed by atoms with Crippen molar-refractivity contribution in [3.8, 4) is 0 Å². The third kappa shape index (κ3) is 4.14. The molecule has 0 spiro atoms. The summed E-state index contributed by atoms with van der Waals surface area (Å²) >= 11 is 0. The fraction of sp³-hybridized carbons (Fsp3) is 0.583. The number of hydrazine groups is 1. The maximum Gasteiger partial charge on any atom is 0.301 e. The molecular weight excluding hydrogens is 236 g/mol. The highest BCUT2D eigenvalue weighted by atomic mass is 16.5. The molecule has 1 amide bonds. The summed E-state index contributed by atoms with van der Waals surface area (Å²) in [6.45, 7) is 7.12. The fourth-order valence-corrected chi connectivity index (χ4v) is 1.47. The first-order valence-electron chi connectivity index (χ1n) is 5.88. The van der Waals surface area contributed by atoms with Crippen LogP contribution in [0.25, 0.3) is 0 Å². The lowest BCUT2D eigenvalue weighted by atomic mass is 10.2. The van der Waals surface area contributed by atoms with Crippen molar-refractivity contribution in [3.05, 3.63) is 23.2 Å². The summed E-state index contributed by atoms with van der Waals surface area (Å²) in [6, 6.07) is 1.76. The number of aryl methyl sites for hydroxylation is 1. The summed E-state index contributed by atoms with van der Waals surface area (Å²) in [5, 5.41) is 0. The van der Waals surface area contributed by atoms with E-state index in [1.165, 1.54) is 0 Å². The van der Waals surface area contributed by atoms with Crippen LogP contribution in [0.1, 0.15) is 35.7 Å². The van der Waals surface area contributed by atoms with Gasteiger partial charge in [-0.05, 0) is 26.8 Å². The van der Waals surface area contributed by atoms with Crippen LogP contribution in [0.5, 0.6) is 0 Å². The predicted molar refractivity (Wildman–Crippen MR) is 65.8 cm³/mol. The average Bonchev–Trinajstić information content (AvgIpc) is 2.74. The molecule has 0 aliphatic carbocycles. The van der Waals surface area contributed by atoms with E-state index in [1.54, 1.807) is 13.0 Å². The van der Waals surface area contributed by atoms with Crippen LogP contribution in [0.3, 0.4) is 0 Å². The molecule has 0 radical (unpaired) electrons. The van der Waals surface area contributed by atoms with E-state index in [0.29, 0.717) is 25.6 Å². The number of nitrogens with one attached hydrogen (secondary N) is 1. The Morgan fingerprint density at radius 1 is 1.61 bits per heavy atom. The van der Waals surface area contributed by atoms with E-state index in [9.17, 15) is 4.79 Å². The summed E-state index contributed by atoms with van der Waals surface area (Å²) in [5.41, 5.74) is 2.77. The second-order valence-electron chi connectivity index (χ2n) is 3.98. The van der Waals surface area contributed by atoms with Crippen molar-refractivity contribution >= 4 is 5.91 Å². The summed E-state index contributed by atoms with van der Waals surface area (Å²) in [5.74, 6) is 5.42. The summed E-state index contributed by atoms with van der Waals surface area (Å²) < 4.78 is 16.1. The molecule has 0 saturated carbocycles. The number of amides is 1. The number of carbonyl (C=O) groups is 1. The topological polar surface area (TPSA) is 86.7 Å². The van der Waals surface area contributed by atoms with Crippen molar-refractivity contribution in [3.63, 3.8) is 0 Å². The Morgan fingerprint density at radius 2 is 2.33 bits per heavy atom. The molecular formula is C12H20N2O4. The Morgan fingerprint density at radius 3 is 2.94 bits per heavy atom. The lowest BCUT2D eigenvalue weighted by Crippen LogP contribution is -2.30. The van der Waals surface area contributed by atoms with E-state index in [2.05, 4.69) is 0 Å². The van der Waals surface area contributed by atoms with Gasteiger partial charge in [0.15, 0.2) is 5.76 Å². The molecule has 1 unspecified atom stereocenters. The van der Waals surface area contributed by atoms with Gasteiger partial charge in [0.1, 0.15) is 12.4 Å². The standard InChI is InChI=1S/C12H20N2O4/c1-4-16-6-9(3)17-7-10-5-8(2)11(18-10)12(15)14-13/h5,9H,4,6-7,13H2,1-3H3,(H,14,15). The first-order chi connectivity index (χ1) is 8.58. The minimum atomic E-state index is -0.443. The summed E-state index contributed by atoms with van der Waals surface area (Å²) in [6.07, 6.45) is -0.0258. The van der Waals surface area contributed by atoms with E-state index < -0.39 is 5.91 Å². The lowest BCUT2D eigenvalue weighted by Gasteiger charge is -2.11. The Kier molecular flexibility index (Phi) is 5.84. The van der Waals surface area contributed by atoms with Gasteiger partial charge in [-0.1, -0.05) is 0 Å². The Balaban J connectivity index is 2.50. The smallest absolute Gasteiger partial charge is 0.301 e. The number of nitrogens with two attached hydrogens (primary N) is 1. The van der Waals surface area contributed by atoms with Crippen LogP contribution in [0.15, 0.2) is 10.5 Å². The van der Waals surface area contributed by atoms with Crippen molar-refractivity contribution in [1.82, 2.24) is 5.43 Å². The van der Waals surface area contributed by atoms with Crippen LogP contribution in [0.4, 0.5) is 0 Å². The van der Waals surface area contributed by atoms with Gasteiger partial charge in [0.05, 0.1) is 12.7 Å². The number of hydrogen-bond acceptors (Lipinski definition) is 5. The van der Waals surface area contributed by atoms with Crippen LogP contribution in [0.2, 0.25) is 0 Å². The number of nitrogen functional groups attached to an aromatic ring is 1. The molecule has 1 aromatic rings. The molecule has 0 aromatic carbocycles. The van der Waals surface area contributed by atoms with E-state index in [-0.39, 0.29) is 11.9 Å². The number of furan rings is 1. The number of hydrogen-bond donors (Lipinski definition) is 2. The van der Waals surface area contributed by atoms with Gasteiger partial charge in [0.25, 0.3) is 0 Å². The first-order valence-corrected chi connectivity index (χ1v) is 5.88. The molecule has 6 nitrogen and oxygen atoms in total. The maximum atomic E-state index is 11.3. The molecule has 0 saturated heterocycles. The molecule has 1 heterocycles. The molecule has 102 valence electrons. The van der Waals surface area contributed by atoms with E-state index in [4.69, 9.17) is 19.7 Å². The molecule has 1 aromatic heterocycles. The maximum absolute atomic E-state index is 11.3. The minimum Gasteiger partial charge on any atom is -0.453 e. The predicted octanol–water partition coefficient (Wildman–Crippen LogP) is 1.13. The molecule has 0 aliphatic heterocycles. The van der Waals surface area contributed by atoms with Crippen LogP contribution in [-0.2, 0) is 16.1 Å². The number of ether oxygens (including phenoxy) is 2. The lowest BCUT2D eigenvalue weighted by molar-refractivity contribution is -0.0172. The van der Waals surface area contributed by atoms with Gasteiger partial charge in [-0.15, -0.1) is 0 Å². The number of carbonyl (C=O) groups excluding carboxylic acids is 1. The highest BCUT2D eigenvalue weighted by molar-refractivity contribution is 5.92. The fourth-order valence-electron chi connectivity index (χ4n) is 1.47. The zero-order chi connectivity index (χ0) is 13.5. The highest BCUT2D eigenvalue weighted by Crippen LogP contribution is 2.15. The molecule has 0 fully saturated rings. The van der Waals surface area contributed by atoms with Gasteiger partial charge in [0.2, 0.25) is 0 Å². The van der Waals surface area contributed by atoms with Gasteiger partial charge in [-0.3, -0.25) is 10.2 Å². The van der Waals surface area contributed by atoms with Crippen molar-refractivity contribution < 1.29 is 18.7 Å². The van der Waals surface area contributed by atoms with Crippen molar-refractivity contribution in [2.24, 2.45) is 5.84 Å². The van der Waals surface area contributed by atoms with Crippen LogP contribution in [0, 0.1) is 6.92 Å². The monoisotopic (exact) mass is 256 g/mol. The second-order valence-corrected chi connectivity index (χ2v) is 3.98. The average molecular weight is 256 g/mol. The molecule has 0 bridgehead atoms. The third-order valence-electron chi connectivity index (χ3n) is 2.37. The molecule has 0 aliphatic rings. The third-order valence-corrected chi connectivity index (χ3v) is 2.37. The molecule has 3 N–H and O–H groups in total. The SMILES string of the molecule is CCOCC(C)OCc1cc(C)c(C(=O)NN)o1. The Bertz CT molecular complexity index is 389. The normalized spacial score (nSPS) is 12.4. The van der Waals surface area contributed by atoms with E-state index in [0.717, 1.165) is 5.56 Å². The number of rotatable bonds is 7. The zero-order valence-corrected chi connectivity index (χ0v) is 11.0. The van der Waals surface area contributed by atoms with Crippen molar-refractivity contribution in [1.29, 1.82) is 0 Å². The van der Waals surface area contributed by atoms with Gasteiger partial charge in [-0.2, -0.15) is 0 Å². The van der Waals surface area contributed by atoms with Crippen LogP contribution < -0.4 is 11.3 Å². The van der Waals surface area contributed by atoms with Gasteiger partial charge < -0.3 is 13.9 Å². The quantitative estimate of drug-likeness (QED) is 0.434. The van der Waals surface area contributed by atoms with E-state index in [1.807, 2.05) is 19.3 Å². The zero-order valence-electron chi connectivity index (χ0n) is 11.0. The summed E-state index contributed by atoms with van der Waals surface area (Å²) in [4.78, 5) is 11.3. The molecule has 1 atom stereocenters. The molecule has 6 heteroatoms. The minimum absolute atomic E-state index is 0.0258. The largest absolute Gasteiger partial charge is 0.453 e. The van der Waals surface area contributed by atoms with Gasteiger partial charge >= 0.3 is 5.91 Å². The van der Waals surface area contributed by atoms with E-state index >= 15 is 0 Å². The van der Waals surface area contributed by atoms with Gasteiger partial charge in [0, 0.05) is 12.2 Å². The Hall–Kier alpha value is -1.37. The van der Waals surface area contributed by atoms with Crippen LogP contribution >= 0.6 is 0 Å².